The minimum absolute atomic E-state index is 0.0118. The van der Waals surface area contributed by atoms with Crippen molar-refractivity contribution in [3.05, 3.63) is 65.4 Å². The Kier molecular flexibility index (Phi) is 9.04. The first kappa shape index (κ1) is 25.2. The minimum atomic E-state index is -0.0633. The molecule has 1 aliphatic rings. The van der Waals surface area contributed by atoms with Crippen molar-refractivity contribution in [1.29, 1.82) is 0 Å². The van der Waals surface area contributed by atoms with Gasteiger partial charge in [0.2, 0.25) is 5.91 Å². The van der Waals surface area contributed by atoms with Crippen LogP contribution in [0.15, 0.2) is 64.7 Å². The SMILES string of the molecule is C=CC=CC(=CN=C)NC(=O)C1CCC(Cn2c(=O)n(C)c3ccc(OCCOC)cc32)CC1. The Morgan fingerprint density at radius 1 is 1.24 bits per heavy atom. The lowest BCUT2D eigenvalue weighted by Gasteiger charge is -2.28. The molecule has 1 amide bonds. The molecular weight excluding hydrogens is 432 g/mol. The van der Waals surface area contributed by atoms with Crippen molar-refractivity contribution in [2.24, 2.45) is 23.9 Å². The maximum atomic E-state index is 12.9. The van der Waals surface area contributed by atoms with Crippen LogP contribution in [0.3, 0.4) is 0 Å². The summed E-state index contributed by atoms with van der Waals surface area (Å²) in [6.45, 7) is 8.67. The Morgan fingerprint density at radius 2 is 2.00 bits per heavy atom. The van der Waals surface area contributed by atoms with Gasteiger partial charge >= 0.3 is 5.69 Å². The van der Waals surface area contributed by atoms with Gasteiger partial charge in [-0.15, -0.1) is 0 Å². The molecule has 1 aromatic carbocycles. The topological polar surface area (TPSA) is 86.9 Å². The van der Waals surface area contributed by atoms with E-state index in [0.717, 1.165) is 36.7 Å². The lowest BCUT2D eigenvalue weighted by Crippen LogP contribution is -2.34. The summed E-state index contributed by atoms with van der Waals surface area (Å²) in [6.07, 6.45) is 9.96. The number of aliphatic imine (C=N–C) groups is 1. The summed E-state index contributed by atoms with van der Waals surface area (Å²) in [4.78, 5) is 29.4. The number of benzene rings is 1. The van der Waals surface area contributed by atoms with E-state index in [9.17, 15) is 9.59 Å². The number of ether oxygens (including phenoxy) is 2. The number of nitrogens with one attached hydrogen (secondary N) is 1. The molecular formula is C26H34N4O4. The van der Waals surface area contributed by atoms with E-state index >= 15 is 0 Å². The molecule has 0 atom stereocenters. The first-order valence-corrected chi connectivity index (χ1v) is 11.6. The lowest BCUT2D eigenvalue weighted by molar-refractivity contribution is -0.125. The lowest BCUT2D eigenvalue weighted by atomic mass is 9.81. The smallest absolute Gasteiger partial charge is 0.328 e. The summed E-state index contributed by atoms with van der Waals surface area (Å²) >= 11 is 0. The van der Waals surface area contributed by atoms with Crippen molar-refractivity contribution in [2.45, 2.75) is 32.2 Å². The van der Waals surface area contributed by atoms with Crippen molar-refractivity contribution in [3.8, 4) is 5.75 Å². The standard InChI is InChI=1S/C26H34N4O4/c1-5-6-7-21(17-27-2)28-25(31)20-10-8-19(9-11-20)18-30-24-16-22(34-15-14-33-4)12-13-23(24)29(3)26(30)32/h5-7,12-13,16-17,19-20H,1-2,8-11,14-15,18H2,3-4H3,(H,28,31). The van der Waals surface area contributed by atoms with Crippen LogP contribution in [0, 0.1) is 11.8 Å². The van der Waals surface area contributed by atoms with E-state index in [4.69, 9.17) is 9.47 Å². The molecule has 0 bridgehead atoms. The van der Waals surface area contributed by atoms with E-state index in [1.165, 1.54) is 6.20 Å². The Labute approximate surface area is 200 Å². The zero-order valence-electron chi connectivity index (χ0n) is 20.0. The van der Waals surface area contributed by atoms with Crippen LogP contribution < -0.4 is 15.7 Å². The fraction of sp³-hybridized carbons (Fsp3) is 0.423. The number of hydrogen-bond acceptors (Lipinski definition) is 5. The first-order valence-electron chi connectivity index (χ1n) is 11.6. The van der Waals surface area contributed by atoms with Crippen LogP contribution >= 0.6 is 0 Å². The Balaban J connectivity index is 1.66. The highest BCUT2D eigenvalue weighted by Crippen LogP contribution is 2.31. The van der Waals surface area contributed by atoms with E-state index in [1.54, 1.807) is 37.0 Å². The first-order chi connectivity index (χ1) is 16.5. The predicted octanol–water partition coefficient (Wildman–Crippen LogP) is 3.57. The van der Waals surface area contributed by atoms with Crippen molar-refractivity contribution in [2.75, 3.05) is 20.3 Å². The average Bonchev–Trinajstić information content (AvgIpc) is 3.07. The summed E-state index contributed by atoms with van der Waals surface area (Å²) in [6, 6.07) is 5.71. The van der Waals surface area contributed by atoms with E-state index in [2.05, 4.69) is 23.6 Å². The van der Waals surface area contributed by atoms with Crippen molar-refractivity contribution in [3.63, 3.8) is 0 Å². The molecule has 8 nitrogen and oxygen atoms in total. The molecule has 0 aliphatic heterocycles. The summed E-state index contributed by atoms with van der Waals surface area (Å²) in [5, 5.41) is 2.92. The number of aryl methyl sites for hydroxylation is 1. The van der Waals surface area contributed by atoms with Crippen LogP contribution in [0.25, 0.3) is 11.0 Å². The predicted molar refractivity (Wildman–Crippen MR) is 135 cm³/mol. The third-order valence-corrected chi connectivity index (χ3v) is 6.24. The van der Waals surface area contributed by atoms with Crippen LogP contribution in [-0.2, 0) is 23.1 Å². The second-order valence-corrected chi connectivity index (χ2v) is 8.51. The summed E-state index contributed by atoms with van der Waals surface area (Å²) in [5.74, 6) is 0.970. The van der Waals surface area contributed by atoms with Gasteiger partial charge in [-0.1, -0.05) is 18.7 Å². The maximum absolute atomic E-state index is 12.9. The highest BCUT2D eigenvalue weighted by Gasteiger charge is 2.27. The molecule has 0 radical (unpaired) electrons. The molecule has 182 valence electrons. The third kappa shape index (κ3) is 6.14. The molecule has 0 spiro atoms. The average molecular weight is 467 g/mol. The second-order valence-electron chi connectivity index (χ2n) is 8.51. The molecule has 2 aromatic rings. The number of methoxy groups -OCH3 is 1. The number of carbonyl (C=O) groups is 1. The fourth-order valence-electron chi connectivity index (χ4n) is 4.40. The quantitative estimate of drug-likeness (QED) is 0.312. The Hall–Kier alpha value is -3.39. The summed E-state index contributed by atoms with van der Waals surface area (Å²) in [7, 11) is 3.42. The molecule has 1 N–H and O–H groups in total. The minimum Gasteiger partial charge on any atom is -0.491 e. The van der Waals surface area contributed by atoms with E-state index < -0.39 is 0 Å². The normalized spacial score (nSPS) is 18.8. The zero-order valence-corrected chi connectivity index (χ0v) is 20.0. The monoisotopic (exact) mass is 466 g/mol. The third-order valence-electron chi connectivity index (χ3n) is 6.24. The van der Waals surface area contributed by atoms with Gasteiger partial charge < -0.3 is 14.8 Å². The largest absolute Gasteiger partial charge is 0.491 e. The number of aromatic nitrogens is 2. The molecule has 1 aliphatic carbocycles. The number of hydrogen-bond donors (Lipinski definition) is 1. The number of nitrogens with zero attached hydrogens (tertiary/aromatic N) is 3. The molecule has 1 saturated carbocycles. The molecule has 1 fully saturated rings. The maximum Gasteiger partial charge on any atom is 0.328 e. The van der Waals surface area contributed by atoms with Gasteiger partial charge in [0, 0.05) is 38.9 Å². The number of rotatable bonds is 11. The van der Waals surface area contributed by atoms with E-state index in [1.807, 2.05) is 22.8 Å². The number of allylic oxidation sites excluding steroid dienone is 3. The highest BCUT2D eigenvalue weighted by atomic mass is 16.5. The fourth-order valence-corrected chi connectivity index (χ4v) is 4.40. The number of imidazole rings is 1. The molecule has 34 heavy (non-hydrogen) atoms. The Morgan fingerprint density at radius 3 is 2.68 bits per heavy atom. The molecule has 0 unspecified atom stereocenters. The second kappa shape index (κ2) is 12.2. The van der Waals surface area contributed by atoms with Gasteiger partial charge in [-0.3, -0.25) is 18.9 Å². The Bertz CT molecular complexity index is 1130. The molecule has 1 aromatic heterocycles. The molecule has 3 rings (SSSR count). The van der Waals surface area contributed by atoms with Crippen LogP contribution in [0.4, 0.5) is 0 Å². The van der Waals surface area contributed by atoms with Gasteiger partial charge in [0.1, 0.15) is 12.4 Å². The number of carbonyl (C=O) groups excluding carboxylic acids is 1. The van der Waals surface area contributed by atoms with Gasteiger partial charge in [-0.25, -0.2) is 4.79 Å². The molecule has 1 heterocycles. The van der Waals surface area contributed by atoms with Crippen LogP contribution in [0.1, 0.15) is 25.7 Å². The van der Waals surface area contributed by atoms with Crippen molar-refractivity contribution in [1.82, 2.24) is 14.5 Å². The van der Waals surface area contributed by atoms with Crippen LogP contribution in [0.2, 0.25) is 0 Å². The highest BCUT2D eigenvalue weighted by molar-refractivity contribution is 5.81. The van der Waals surface area contributed by atoms with E-state index in [-0.39, 0.29) is 17.5 Å². The van der Waals surface area contributed by atoms with Gasteiger partial charge in [-0.05, 0) is 56.5 Å². The van der Waals surface area contributed by atoms with E-state index in [0.29, 0.717) is 37.1 Å². The molecule has 8 heteroatoms. The van der Waals surface area contributed by atoms with Gasteiger partial charge in [0.25, 0.3) is 0 Å². The molecule has 0 saturated heterocycles. The summed E-state index contributed by atoms with van der Waals surface area (Å²) < 4.78 is 14.3. The van der Waals surface area contributed by atoms with Gasteiger partial charge in [0.15, 0.2) is 0 Å². The van der Waals surface area contributed by atoms with Crippen molar-refractivity contribution >= 4 is 23.7 Å². The number of amides is 1. The number of fused-ring (bicyclic) bond motifs is 1. The van der Waals surface area contributed by atoms with Crippen LogP contribution in [0.5, 0.6) is 5.75 Å². The van der Waals surface area contributed by atoms with Gasteiger partial charge in [0.05, 0.1) is 23.3 Å². The van der Waals surface area contributed by atoms with Gasteiger partial charge in [-0.2, -0.15) is 0 Å². The van der Waals surface area contributed by atoms with Crippen molar-refractivity contribution < 1.29 is 14.3 Å². The summed E-state index contributed by atoms with van der Waals surface area (Å²) in [5.41, 5.74) is 2.29. The van der Waals surface area contributed by atoms with Crippen LogP contribution in [-0.4, -0.2) is 42.1 Å². The zero-order chi connectivity index (χ0) is 24.5.